The van der Waals surface area contributed by atoms with Crippen LogP contribution < -0.4 is 10.1 Å². The van der Waals surface area contributed by atoms with E-state index in [1.165, 1.54) is 16.7 Å². The summed E-state index contributed by atoms with van der Waals surface area (Å²) >= 11 is 0. The molecule has 0 radical (unpaired) electrons. The Morgan fingerprint density at radius 1 is 1.28 bits per heavy atom. The summed E-state index contributed by atoms with van der Waals surface area (Å²) in [6.45, 7) is 7.81. The zero-order chi connectivity index (χ0) is 13.5. The zero-order valence-corrected chi connectivity index (χ0v) is 11.9. The summed E-state index contributed by atoms with van der Waals surface area (Å²) < 4.78 is 5.35. The fourth-order valence-corrected chi connectivity index (χ4v) is 2.17. The van der Waals surface area contributed by atoms with Crippen molar-refractivity contribution in [1.82, 2.24) is 5.32 Å². The molecule has 0 amide bonds. The molecule has 1 rings (SSSR count). The first-order valence-corrected chi connectivity index (χ1v) is 6.61. The van der Waals surface area contributed by atoms with Gasteiger partial charge in [-0.25, -0.2) is 0 Å². The Bertz CT molecular complexity index is 354. The summed E-state index contributed by atoms with van der Waals surface area (Å²) in [7, 11) is 1.71. The highest BCUT2D eigenvalue weighted by Gasteiger charge is 2.05. The Hall–Kier alpha value is -1.06. The summed E-state index contributed by atoms with van der Waals surface area (Å²) in [6, 6.07) is 4.30. The number of hydrogen-bond acceptors (Lipinski definition) is 3. The van der Waals surface area contributed by atoms with E-state index in [4.69, 9.17) is 4.74 Å². The molecule has 102 valence electrons. The lowest BCUT2D eigenvalue weighted by molar-refractivity contribution is 0.159. The predicted molar refractivity (Wildman–Crippen MR) is 75.1 cm³/mol. The Labute approximate surface area is 110 Å². The van der Waals surface area contributed by atoms with Crippen molar-refractivity contribution in [3.05, 3.63) is 28.8 Å². The maximum atomic E-state index is 9.46. The number of aliphatic hydroxyl groups is 1. The minimum Gasteiger partial charge on any atom is -0.496 e. The summed E-state index contributed by atoms with van der Waals surface area (Å²) in [5, 5.41) is 12.8. The van der Waals surface area contributed by atoms with Crippen molar-refractivity contribution < 1.29 is 9.84 Å². The van der Waals surface area contributed by atoms with Crippen LogP contribution in [0.5, 0.6) is 5.75 Å². The normalized spacial score (nSPS) is 12.5. The van der Waals surface area contributed by atoms with Crippen LogP contribution in [0, 0.1) is 13.8 Å². The van der Waals surface area contributed by atoms with Crippen LogP contribution in [-0.4, -0.2) is 24.9 Å². The molecule has 1 atom stereocenters. The molecule has 0 aromatic heterocycles. The number of hydrogen-bond donors (Lipinski definition) is 2. The third-order valence-electron chi connectivity index (χ3n) is 3.18. The molecule has 0 aliphatic carbocycles. The minimum atomic E-state index is -0.183. The van der Waals surface area contributed by atoms with Crippen LogP contribution in [-0.2, 0) is 6.54 Å². The number of nitrogens with one attached hydrogen (secondary N) is 1. The van der Waals surface area contributed by atoms with Gasteiger partial charge in [0.05, 0.1) is 13.2 Å². The maximum Gasteiger partial charge on any atom is 0.124 e. The Morgan fingerprint density at radius 2 is 1.89 bits per heavy atom. The quantitative estimate of drug-likeness (QED) is 0.732. The molecule has 1 unspecified atom stereocenters. The van der Waals surface area contributed by atoms with Gasteiger partial charge in [0.25, 0.3) is 0 Å². The summed E-state index contributed by atoms with van der Waals surface area (Å²) in [4.78, 5) is 0. The molecule has 1 aromatic carbocycles. The SMILES string of the molecule is CCC(O)CCNCc1cc(C)c(OC)c(C)c1. The first kappa shape index (κ1) is 15.0. The maximum absolute atomic E-state index is 9.46. The number of aliphatic hydroxyl groups excluding tert-OH is 1. The highest BCUT2D eigenvalue weighted by atomic mass is 16.5. The van der Waals surface area contributed by atoms with Crippen LogP contribution in [0.4, 0.5) is 0 Å². The van der Waals surface area contributed by atoms with E-state index in [9.17, 15) is 5.11 Å². The number of aryl methyl sites for hydroxylation is 2. The largest absolute Gasteiger partial charge is 0.496 e. The minimum absolute atomic E-state index is 0.183. The van der Waals surface area contributed by atoms with E-state index in [2.05, 4.69) is 31.3 Å². The predicted octanol–water partition coefficient (Wildman–Crippen LogP) is 2.56. The Kier molecular flexibility index (Phi) is 6.16. The van der Waals surface area contributed by atoms with Gasteiger partial charge in [0.15, 0.2) is 0 Å². The number of rotatable bonds is 7. The average molecular weight is 251 g/mol. The van der Waals surface area contributed by atoms with Crippen LogP contribution in [0.1, 0.15) is 36.5 Å². The molecular weight excluding hydrogens is 226 g/mol. The van der Waals surface area contributed by atoms with Crippen molar-refractivity contribution in [1.29, 1.82) is 0 Å². The zero-order valence-electron chi connectivity index (χ0n) is 11.9. The third-order valence-corrected chi connectivity index (χ3v) is 3.18. The molecule has 0 spiro atoms. The summed E-state index contributed by atoms with van der Waals surface area (Å²) in [5.41, 5.74) is 3.60. The topological polar surface area (TPSA) is 41.5 Å². The number of ether oxygens (including phenoxy) is 1. The van der Waals surface area contributed by atoms with Gasteiger partial charge in [-0.1, -0.05) is 19.1 Å². The standard InChI is InChI=1S/C15H25NO2/c1-5-14(17)6-7-16-10-13-8-11(2)15(18-4)12(3)9-13/h8-9,14,16-17H,5-7,10H2,1-4H3. The van der Waals surface area contributed by atoms with Crippen molar-refractivity contribution >= 4 is 0 Å². The van der Waals surface area contributed by atoms with Gasteiger partial charge >= 0.3 is 0 Å². The molecule has 18 heavy (non-hydrogen) atoms. The smallest absolute Gasteiger partial charge is 0.124 e. The van der Waals surface area contributed by atoms with Gasteiger partial charge in [0.1, 0.15) is 5.75 Å². The molecule has 0 aliphatic heterocycles. The van der Waals surface area contributed by atoms with E-state index in [1.807, 2.05) is 6.92 Å². The molecule has 3 nitrogen and oxygen atoms in total. The van der Waals surface area contributed by atoms with Gasteiger partial charge < -0.3 is 15.2 Å². The van der Waals surface area contributed by atoms with Gasteiger partial charge in [-0.15, -0.1) is 0 Å². The van der Waals surface area contributed by atoms with Gasteiger partial charge in [-0.2, -0.15) is 0 Å². The highest BCUT2D eigenvalue weighted by molar-refractivity contribution is 5.43. The monoisotopic (exact) mass is 251 g/mol. The van der Waals surface area contributed by atoms with Gasteiger partial charge in [-0.3, -0.25) is 0 Å². The van der Waals surface area contributed by atoms with Gasteiger partial charge in [0.2, 0.25) is 0 Å². The van der Waals surface area contributed by atoms with E-state index >= 15 is 0 Å². The lowest BCUT2D eigenvalue weighted by atomic mass is 10.1. The van der Waals surface area contributed by atoms with Gasteiger partial charge in [0, 0.05) is 6.54 Å². The third kappa shape index (κ3) is 4.31. The highest BCUT2D eigenvalue weighted by Crippen LogP contribution is 2.24. The van der Waals surface area contributed by atoms with Crippen LogP contribution in [0.3, 0.4) is 0 Å². The summed E-state index contributed by atoms with van der Waals surface area (Å²) in [5.74, 6) is 0.972. The van der Waals surface area contributed by atoms with E-state index < -0.39 is 0 Å². The lowest BCUT2D eigenvalue weighted by Crippen LogP contribution is -2.19. The molecule has 0 fully saturated rings. The molecule has 0 bridgehead atoms. The van der Waals surface area contributed by atoms with Crippen molar-refractivity contribution in [3.8, 4) is 5.75 Å². The van der Waals surface area contributed by atoms with E-state index in [1.54, 1.807) is 7.11 Å². The molecule has 3 heteroatoms. The second-order valence-corrected chi connectivity index (χ2v) is 4.79. The second-order valence-electron chi connectivity index (χ2n) is 4.79. The number of benzene rings is 1. The molecule has 0 saturated heterocycles. The van der Waals surface area contributed by atoms with Gasteiger partial charge in [-0.05, 0) is 49.9 Å². The van der Waals surface area contributed by atoms with Crippen molar-refractivity contribution in [2.45, 2.75) is 46.3 Å². The molecule has 0 saturated carbocycles. The van der Waals surface area contributed by atoms with Crippen LogP contribution in [0.15, 0.2) is 12.1 Å². The molecule has 0 heterocycles. The van der Waals surface area contributed by atoms with Crippen molar-refractivity contribution in [3.63, 3.8) is 0 Å². The lowest BCUT2D eigenvalue weighted by Gasteiger charge is -2.12. The Balaban J connectivity index is 2.48. The van der Waals surface area contributed by atoms with E-state index in [-0.39, 0.29) is 6.10 Å². The first-order chi connectivity index (χ1) is 8.58. The van der Waals surface area contributed by atoms with E-state index in [0.717, 1.165) is 31.7 Å². The van der Waals surface area contributed by atoms with Crippen LogP contribution >= 0.6 is 0 Å². The fourth-order valence-electron chi connectivity index (χ4n) is 2.17. The summed E-state index contributed by atoms with van der Waals surface area (Å²) in [6.07, 6.45) is 1.45. The van der Waals surface area contributed by atoms with Crippen LogP contribution in [0.25, 0.3) is 0 Å². The fraction of sp³-hybridized carbons (Fsp3) is 0.600. The second kappa shape index (κ2) is 7.39. The molecule has 0 aliphatic rings. The molecular formula is C15H25NO2. The van der Waals surface area contributed by atoms with Crippen LogP contribution in [0.2, 0.25) is 0 Å². The average Bonchev–Trinajstić information content (AvgIpc) is 2.34. The van der Waals surface area contributed by atoms with Crippen molar-refractivity contribution in [2.24, 2.45) is 0 Å². The number of methoxy groups -OCH3 is 1. The molecule has 2 N–H and O–H groups in total. The van der Waals surface area contributed by atoms with E-state index in [0.29, 0.717) is 0 Å². The Morgan fingerprint density at radius 3 is 2.39 bits per heavy atom. The van der Waals surface area contributed by atoms with Crippen molar-refractivity contribution in [2.75, 3.05) is 13.7 Å². The molecule has 1 aromatic rings. The first-order valence-electron chi connectivity index (χ1n) is 6.61.